The highest BCUT2D eigenvalue weighted by molar-refractivity contribution is 5.82. The Balaban J connectivity index is 2.26. The third kappa shape index (κ3) is 2.41. The minimum atomic E-state index is -0.421. The van der Waals surface area contributed by atoms with Crippen LogP contribution in [0.5, 0.6) is 0 Å². The molecule has 22 heavy (non-hydrogen) atoms. The molecule has 1 aromatic carbocycles. The Morgan fingerprint density at radius 2 is 2.00 bits per heavy atom. The minimum Gasteiger partial charge on any atom is -0.261 e. The van der Waals surface area contributed by atoms with Crippen LogP contribution in [-0.2, 0) is 0 Å². The Morgan fingerprint density at radius 3 is 2.59 bits per heavy atom. The van der Waals surface area contributed by atoms with Gasteiger partial charge in [0.15, 0.2) is 0 Å². The first-order valence-corrected chi connectivity index (χ1v) is 6.52. The summed E-state index contributed by atoms with van der Waals surface area (Å²) < 4.78 is 0. The second-order valence-corrected chi connectivity index (χ2v) is 4.87. The van der Waals surface area contributed by atoms with Crippen LogP contribution in [0, 0.1) is 24.0 Å². The summed E-state index contributed by atoms with van der Waals surface area (Å²) in [6.45, 7) is 3.59. The molecule has 0 atom stereocenters. The van der Waals surface area contributed by atoms with Gasteiger partial charge in [-0.05, 0) is 36.8 Å². The van der Waals surface area contributed by atoms with E-state index in [1.807, 2.05) is 19.1 Å². The van der Waals surface area contributed by atoms with E-state index in [0.717, 1.165) is 16.8 Å². The van der Waals surface area contributed by atoms with Crippen molar-refractivity contribution in [2.75, 3.05) is 0 Å². The molecule has 8 heteroatoms. The van der Waals surface area contributed by atoms with Gasteiger partial charge in [0.1, 0.15) is 0 Å². The molecular weight excluding hydrogens is 284 g/mol. The quantitative estimate of drug-likeness (QED) is 0.587. The number of nitrogens with one attached hydrogen (secondary N) is 1. The summed E-state index contributed by atoms with van der Waals surface area (Å²) in [6, 6.07) is 7.00. The number of hydrogen-bond donors (Lipinski definition) is 1. The Morgan fingerprint density at radius 1 is 1.18 bits per heavy atom. The number of nitrogens with zero attached hydrogens (tertiary/aromatic N) is 5. The molecule has 2 heterocycles. The topological polar surface area (TPSA) is 110 Å². The van der Waals surface area contributed by atoms with Gasteiger partial charge in [-0.1, -0.05) is 6.07 Å². The second kappa shape index (κ2) is 5.32. The molecule has 1 N–H and O–H groups in total. The van der Waals surface area contributed by atoms with Gasteiger partial charge in [-0.15, -0.1) is 10.2 Å². The smallest absolute Gasteiger partial charge is 0.261 e. The first kappa shape index (κ1) is 13.8. The van der Waals surface area contributed by atoms with E-state index in [-0.39, 0.29) is 5.69 Å². The van der Waals surface area contributed by atoms with Gasteiger partial charge in [0.25, 0.3) is 5.69 Å². The molecule has 0 unspecified atom stereocenters. The Kier molecular flexibility index (Phi) is 3.34. The number of nitro groups is 1. The molecule has 0 spiro atoms. The standard InChI is InChI=1S/C14H12N6O2/c1-8-5-11(10-4-3-9(2)15-7-10)12(6-13(8)20(21)22)14-16-18-19-17-14/h3-7H,1-2H3,(H,16,17,18,19). The number of benzene rings is 1. The summed E-state index contributed by atoms with van der Waals surface area (Å²) in [4.78, 5) is 15.0. The first-order chi connectivity index (χ1) is 10.6. The number of tetrazole rings is 1. The molecule has 0 saturated carbocycles. The van der Waals surface area contributed by atoms with Gasteiger partial charge in [0.2, 0.25) is 5.82 Å². The van der Waals surface area contributed by atoms with Crippen LogP contribution < -0.4 is 0 Å². The van der Waals surface area contributed by atoms with Crippen molar-refractivity contribution in [3.63, 3.8) is 0 Å². The maximum absolute atomic E-state index is 11.2. The van der Waals surface area contributed by atoms with Gasteiger partial charge in [-0.3, -0.25) is 15.1 Å². The van der Waals surface area contributed by atoms with Crippen LogP contribution >= 0.6 is 0 Å². The zero-order valence-electron chi connectivity index (χ0n) is 11.9. The van der Waals surface area contributed by atoms with Crippen LogP contribution in [0.1, 0.15) is 11.3 Å². The van der Waals surface area contributed by atoms with Gasteiger partial charge in [0, 0.05) is 34.6 Å². The molecule has 0 aliphatic rings. The number of hydrogen-bond acceptors (Lipinski definition) is 6. The van der Waals surface area contributed by atoms with E-state index < -0.39 is 4.92 Å². The summed E-state index contributed by atoms with van der Waals surface area (Å²) in [5.74, 6) is 0.304. The number of rotatable bonds is 3. The molecule has 3 rings (SSSR count). The molecule has 0 radical (unpaired) electrons. The van der Waals surface area contributed by atoms with Crippen molar-refractivity contribution in [1.82, 2.24) is 25.6 Å². The molecule has 0 aliphatic heterocycles. The highest BCUT2D eigenvalue weighted by Gasteiger charge is 2.19. The van der Waals surface area contributed by atoms with Crippen molar-refractivity contribution in [3.05, 3.63) is 51.8 Å². The Bertz CT molecular complexity index is 827. The molecular formula is C14H12N6O2. The Labute approximate surface area is 125 Å². The third-order valence-electron chi connectivity index (χ3n) is 3.34. The van der Waals surface area contributed by atoms with Gasteiger partial charge < -0.3 is 0 Å². The predicted octanol–water partition coefficient (Wildman–Crippen LogP) is 2.45. The van der Waals surface area contributed by atoms with Gasteiger partial charge in [0.05, 0.1) is 4.92 Å². The molecule has 2 aromatic heterocycles. The minimum absolute atomic E-state index is 0.0172. The fraction of sp³-hybridized carbons (Fsp3) is 0.143. The largest absolute Gasteiger partial charge is 0.273 e. The molecule has 3 aromatic rings. The van der Waals surface area contributed by atoms with Crippen molar-refractivity contribution in [2.45, 2.75) is 13.8 Å². The van der Waals surface area contributed by atoms with E-state index in [4.69, 9.17) is 0 Å². The zero-order chi connectivity index (χ0) is 15.7. The summed E-state index contributed by atoms with van der Waals surface area (Å²) in [5.41, 5.74) is 3.62. The summed E-state index contributed by atoms with van der Waals surface area (Å²) >= 11 is 0. The third-order valence-corrected chi connectivity index (χ3v) is 3.34. The van der Waals surface area contributed by atoms with Crippen molar-refractivity contribution in [3.8, 4) is 22.5 Å². The van der Waals surface area contributed by atoms with E-state index in [1.165, 1.54) is 6.07 Å². The predicted molar refractivity (Wildman–Crippen MR) is 79.0 cm³/mol. The van der Waals surface area contributed by atoms with Crippen LogP contribution in [0.4, 0.5) is 5.69 Å². The SMILES string of the molecule is Cc1ccc(-c2cc(C)c([N+](=O)[O-])cc2-c2nn[nH]n2)cn1. The lowest BCUT2D eigenvalue weighted by Crippen LogP contribution is -1.96. The summed E-state index contributed by atoms with van der Waals surface area (Å²) in [5, 5.41) is 24.9. The molecule has 8 nitrogen and oxygen atoms in total. The van der Waals surface area contributed by atoms with Crippen molar-refractivity contribution in [1.29, 1.82) is 0 Å². The maximum atomic E-state index is 11.2. The molecule has 0 fully saturated rings. The fourth-order valence-electron chi connectivity index (χ4n) is 2.22. The molecule has 0 amide bonds. The van der Waals surface area contributed by atoms with E-state index in [1.54, 1.807) is 19.2 Å². The number of aromatic amines is 1. The lowest BCUT2D eigenvalue weighted by molar-refractivity contribution is -0.385. The maximum Gasteiger partial charge on any atom is 0.273 e. The van der Waals surface area contributed by atoms with Crippen LogP contribution in [0.15, 0.2) is 30.5 Å². The molecule has 0 aliphatic carbocycles. The average Bonchev–Trinajstić information content (AvgIpc) is 3.01. The van der Waals surface area contributed by atoms with Gasteiger partial charge in [-0.2, -0.15) is 5.21 Å². The first-order valence-electron chi connectivity index (χ1n) is 6.52. The number of aryl methyl sites for hydroxylation is 2. The number of pyridine rings is 1. The van der Waals surface area contributed by atoms with Crippen molar-refractivity contribution in [2.24, 2.45) is 0 Å². The highest BCUT2D eigenvalue weighted by Crippen LogP contribution is 2.35. The number of nitro benzene ring substituents is 1. The summed E-state index contributed by atoms with van der Waals surface area (Å²) in [6.07, 6.45) is 1.72. The molecule has 0 saturated heterocycles. The van der Waals surface area contributed by atoms with Crippen LogP contribution in [0.3, 0.4) is 0 Å². The van der Waals surface area contributed by atoms with Gasteiger partial charge >= 0.3 is 0 Å². The van der Waals surface area contributed by atoms with Crippen LogP contribution in [0.25, 0.3) is 22.5 Å². The van der Waals surface area contributed by atoms with Gasteiger partial charge in [-0.25, -0.2) is 0 Å². The summed E-state index contributed by atoms with van der Waals surface area (Å²) in [7, 11) is 0. The molecule has 110 valence electrons. The highest BCUT2D eigenvalue weighted by atomic mass is 16.6. The monoisotopic (exact) mass is 296 g/mol. The lowest BCUT2D eigenvalue weighted by atomic mass is 9.97. The van der Waals surface area contributed by atoms with Crippen LogP contribution in [-0.4, -0.2) is 30.5 Å². The van der Waals surface area contributed by atoms with E-state index in [2.05, 4.69) is 25.6 Å². The normalized spacial score (nSPS) is 10.6. The second-order valence-electron chi connectivity index (χ2n) is 4.87. The Hall–Kier alpha value is -3.16. The van der Waals surface area contributed by atoms with E-state index in [0.29, 0.717) is 17.0 Å². The van der Waals surface area contributed by atoms with E-state index >= 15 is 0 Å². The van der Waals surface area contributed by atoms with Crippen LogP contribution in [0.2, 0.25) is 0 Å². The van der Waals surface area contributed by atoms with Crippen molar-refractivity contribution < 1.29 is 4.92 Å². The lowest BCUT2D eigenvalue weighted by Gasteiger charge is -2.09. The number of H-pyrrole nitrogens is 1. The number of aromatic nitrogens is 5. The zero-order valence-corrected chi connectivity index (χ0v) is 11.9. The van der Waals surface area contributed by atoms with E-state index in [9.17, 15) is 10.1 Å². The molecule has 0 bridgehead atoms. The van der Waals surface area contributed by atoms with Crippen molar-refractivity contribution >= 4 is 5.69 Å². The average molecular weight is 296 g/mol. The fourth-order valence-corrected chi connectivity index (χ4v) is 2.22.